The van der Waals surface area contributed by atoms with Gasteiger partial charge in [0.15, 0.2) is 5.65 Å². The van der Waals surface area contributed by atoms with Gasteiger partial charge in [0.05, 0.1) is 6.20 Å². The van der Waals surface area contributed by atoms with Crippen molar-refractivity contribution in [2.75, 3.05) is 37.3 Å². The van der Waals surface area contributed by atoms with Gasteiger partial charge in [0, 0.05) is 37.4 Å². The number of piperazine rings is 1. The SMILES string of the molecule is CSc1nc(N2CCN(C(=O)OC(C)(C)C)CC2)cn2c(=O)c(C)c(C)nc12. The van der Waals surface area contributed by atoms with Gasteiger partial charge in [0.2, 0.25) is 0 Å². The molecule has 0 aliphatic carbocycles. The van der Waals surface area contributed by atoms with Crippen molar-refractivity contribution in [3.05, 3.63) is 27.8 Å². The molecule has 8 nitrogen and oxygen atoms in total. The standard InChI is InChI=1S/C19H27N5O3S/c1-12-13(2)20-15-16(28-6)21-14(11-24(15)17(12)25)22-7-9-23(10-8-22)18(26)27-19(3,4)5/h11H,7-10H2,1-6H3. The van der Waals surface area contributed by atoms with Crippen molar-refractivity contribution in [3.63, 3.8) is 0 Å². The molecule has 1 saturated heterocycles. The van der Waals surface area contributed by atoms with E-state index in [1.165, 1.54) is 11.8 Å². The number of nitrogens with zero attached hydrogens (tertiary/aromatic N) is 5. The lowest BCUT2D eigenvalue weighted by atomic mass is 10.2. The van der Waals surface area contributed by atoms with Crippen LogP contribution in [0.5, 0.6) is 0 Å². The lowest BCUT2D eigenvalue weighted by Crippen LogP contribution is -2.50. The summed E-state index contributed by atoms with van der Waals surface area (Å²) in [5, 5.41) is 0.715. The Hall–Kier alpha value is -2.29. The van der Waals surface area contributed by atoms with Gasteiger partial charge in [0.1, 0.15) is 16.4 Å². The number of hydrogen-bond donors (Lipinski definition) is 0. The Morgan fingerprint density at radius 2 is 1.79 bits per heavy atom. The van der Waals surface area contributed by atoms with Crippen LogP contribution in [0.4, 0.5) is 10.6 Å². The monoisotopic (exact) mass is 405 g/mol. The van der Waals surface area contributed by atoms with Crippen LogP contribution in [0, 0.1) is 13.8 Å². The fraction of sp³-hybridized carbons (Fsp3) is 0.579. The first-order valence-electron chi connectivity index (χ1n) is 9.28. The van der Waals surface area contributed by atoms with E-state index in [9.17, 15) is 9.59 Å². The number of carbonyl (C=O) groups excluding carboxylic acids is 1. The molecular weight excluding hydrogens is 378 g/mol. The van der Waals surface area contributed by atoms with Gasteiger partial charge in [-0.25, -0.2) is 14.8 Å². The Morgan fingerprint density at radius 1 is 1.14 bits per heavy atom. The van der Waals surface area contributed by atoms with Crippen LogP contribution in [0.1, 0.15) is 32.0 Å². The van der Waals surface area contributed by atoms with Crippen molar-refractivity contribution in [2.45, 2.75) is 45.2 Å². The Morgan fingerprint density at radius 3 is 2.36 bits per heavy atom. The third kappa shape index (κ3) is 4.09. The van der Waals surface area contributed by atoms with Crippen LogP contribution >= 0.6 is 11.8 Å². The molecule has 3 rings (SSSR count). The molecule has 2 aromatic rings. The van der Waals surface area contributed by atoms with E-state index in [0.29, 0.717) is 48.2 Å². The summed E-state index contributed by atoms with van der Waals surface area (Å²) in [4.78, 5) is 38.0. The molecule has 0 spiro atoms. The second-order valence-electron chi connectivity index (χ2n) is 7.88. The molecule has 3 heterocycles. The number of thioether (sulfide) groups is 1. The van der Waals surface area contributed by atoms with Crippen LogP contribution in [0.2, 0.25) is 0 Å². The van der Waals surface area contributed by atoms with Gasteiger partial charge in [-0.05, 0) is 40.9 Å². The maximum absolute atomic E-state index is 12.7. The van der Waals surface area contributed by atoms with Crippen LogP contribution in [0.15, 0.2) is 16.0 Å². The van der Waals surface area contributed by atoms with Crippen LogP contribution in [0.25, 0.3) is 5.65 Å². The molecule has 0 atom stereocenters. The number of aryl methyl sites for hydroxylation is 1. The van der Waals surface area contributed by atoms with E-state index in [1.807, 2.05) is 34.0 Å². The number of ether oxygens (including phenoxy) is 1. The smallest absolute Gasteiger partial charge is 0.410 e. The first-order chi connectivity index (χ1) is 13.1. The average molecular weight is 406 g/mol. The summed E-state index contributed by atoms with van der Waals surface area (Å²) in [6.07, 6.45) is 3.38. The van der Waals surface area contributed by atoms with Crippen molar-refractivity contribution < 1.29 is 9.53 Å². The average Bonchev–Trinajstić information content (AvgIpc) is 2.64. The number of fused-ring (bicyclic) bond motifs is 1. The van der Waals surface area contributed by atoms with Gasteiger partial charge in [-0.1, -0.05) is 0 Å². The molecule has 0 aromatic carbocycles. The number of anilines is 1. The van der Waals surface area contributed by atoms with Gasteiger partial charge in [0.25, 0.3) is 5.56 Å². The highest BCUT2D eigenvalue weighted by molar-refractivity contribution is 7.98. The molecule has 1 fully saturated rings. The van der Waals surface area contributed by atoms with Crippen LogP contribution in [-0.2, 0) is 4.74 Å². The molecule has 0 bridgehead atoms. The zero-order valence-electron chi connectivity index (χ0n) is 17.3. The first-order valence-corrected chi connectivity index (χ1v) is 10.5. The summed E-state index contributed by atoms with van der Waals surface area (Å²) in [5.74, 6) is 0.716. The van der Waals surface area contributed by atoms with Crippen molar-refractivity contribution in [3.8, 4) is 0 Å². The number of aromatic nitrogens is 3. The molecule has 0 saturated carbocycles. The van der Waals surface area contributed by atoms with Crippen LogP contribution in [0.3, 0.4) is 0 Å². The van der Waals surface area contributed by atoms with E-state index in [2.05, 4.69) is 9.88 Å². The summed E-state index contributed by atoms with van der Waals surface area (Å²) in [5.41, 5.74) is 1.36. The third-order valence-electron chi connectivity index (χ3n) is 4.68. The third-order valence-corrected chi connectivity index (χ3v) is 5.35. The predicted molar refractivity (Wildman–Crippen MR) is 111 cm³/mol. The van der Waals surface area contributed by atoms with Crippen LogP contribution in [-0.4, -0.2) is 63.4 Å². The summed E-state index contributed by atoms with van der Waals surface area (Å²) in [6, 6.07) is 0. The quantitative estimate of drug-likeness (QED) is 0.710. The van der Waals surface area contributed by atoms with Gasteiger partial charge < -0.3 is 14.5 Å². The van der Waals surface area contributed by atoms with Crippen LogP contribution < -0.4 is 10.5 Å². The first kappa shape index (κ1) is 20.4. The lowest BCUT2D eigenvalue weighted by Gasteiger charge is -2.36. The number of rotatable bonds is 2. The van der Waals surface area contributed by atoms with Gasteiger partial charge >= 0.3 is 6.09 Å². The Bertz CT molecular complexity index is 959. The van der Waals surface area contributed by atoms with E-state index < -0.39 is 5.60 Å². The van der Waals surface area contributed by atoms with E-state index in [0.717, 1.165) is 5.69 Å². The second kappa shape index (κ2) is 7.62. The minimum Gasteiger partial charge on any atom is -0.444 e. The summed E-state index contributed by atoms with van der Waals surface area (Å²) in [6.45, 7) is 11.5. The van der Waals surface area contributed by atoms with E-state index in [-0.39, 0.29) is 11.7 Å². The summed E-state index contributed by atoms with van der Waals surface area (Å²) < 4.78 is 7.03. The molecule has 9 heteroatoms. The molecule has 0 radical (unpaired) electrons. The minimum absolute atomic E-state index is 0.0751. The van der Waals surface area contributed by atoms with Gasteiger partial charge in [-0.2, -0.15) is 0 Å². The fourth-order valence-electron chi connectivity index (χ4n) is 3.03. The largest absolute Gasteiger partial charge is 0.444 e. The normalized spacial score (nSPS) is 15.2. The predicted octanol–water partition coefficient (Wildman–Crippen LogP) is 2.49. The molecule has 1 amide bonds. The molecule has 152 valence electrons. The number of amides is 1. The van der Waals surface area contributed by atoms with E-state index >= 15 is 0 Å². The zero-order chi connectivity index (χ0) is 20.6. The Balaban J connectivity index is 1.85. The molecule has 1 aliphatic heterocycles. The highest BCUT2D eigenvalue weighted by Crippen LogP contribution is 2.23. The van der Waals surface area contributed by atoms with E-state index in [1.54, 1.807) is 22.4 Å². The maximum Gasteiger partial charge on any atom is 0.410 e. The topological polar surface area (TPSA) is 80.0 Å². The molecule has 1 aliphatic rings. The summed E-state index contributed by atoms with van der Waals surface area (Å²) in [7, 11) is 0. The molecule has 2 aromatic heterocycles. The number of carbonyl (C=O) groups is 1. The van der Waals surface area contributed by atoms with Crippen molar-refractivity contribution >= 4 is 29.3 Å². The zero-order valence-corrected chi connectivity index (χ0v) is 18.1. The maximum atomic E-state index is 12.7. The lowest BCUT2D eigenvalue weighted by molar-refractivity contribution is 0.0240. The van der Waals surface area contributed by atoms with Gasteiger partial charge in [-0.3, -0.25) is 9.20 Å². The number of hydrogen-bond acceptors (Lipinski definition) is 7. The molecule has 0 N–H and O–H groups in total. The second-order valence-corrected chi connectivity index (χ2v) is 8.68. The highest BCUT2D eigenvalue weighted by atomic mass is 32.2. The van der Waals surface area contributed by atoms with E-state index in [4.69, 9.17) is 9.72 Å². The Kier molecular flexibility index (Phi) is 5.56. The molecule has 28 heavy (non-hydrogen) atoms. The summed E-state index contributed by atoms with van der Waals surface area (Å²) >= 11 is 1.47. The fourth-order valence-corrected chi connectivity index (χ4v) is 3.54. The highest BCUT2D eigenvalue weighted by Gasteiger charge is 2.27. The van der Waals surface area contributed by atoms with Gasteiger partial charge in [-0.15, -0.1) is 11.8 Å². The van der Waals surface area contributed by atoms with Crippen molar-refractivity contribution in [2.24, 2.45) is 0 Å². The van der Waals surface area contributed by atoms with Crippen molar-refractivity contribution in [1.29, 1.82) is 0 Å². The Labute approximate surface area is 168 Å². The molecule has 0 unspecified atom stereocenters. The molecular formula is C19H27N5O3S. The van der Waals surface area contributed by atoms with Crippen molar-refractivity contribution in [1.82, 2.24) is 19.3 Å². The minimum atomic E-state index is -0.508.